The van der Waals surface area contributed by atoms with E-state index >= 15 is 0 Å². The summed E-state index contributed by atoms with van der Waals surface area (Å²) in [5, 5.41) is 20.0. The van der Waals surface area contributed by atoms with Gasteiger partial charge in [-0.2, -0.15) is 5.26 Å². The maximum atomic E-state index is 12.2. The molecule has 0 bridgehead atoms. The van der Waals surface area contributed by atoms with Gasteiger partial charge in [0.05, 0.1) is 4.92 Å². The van der Waals surface area contributed by atoms with E-state index in [1.54, 1.807) is 6.07 Å². The van der Waals surface area contributed by atoms with Crippen LogP contribution in [-0.4, -0.2) is 9.91 Å². The number of hydrogen-bond acceptors (Lipinski definition) is 4. The molecule has 1 heterocycles. The number of non-ortho nitro benzene ring substituents is 1. The predicted molar refractivity (Wildman–Crippen MR) is 89.3 cm³/mol. The van der Waals surface area contributed by atoms with Crippen molar-refractivity contribution in [2.24, 2.45) is 0 Å². The van der Waals surface area contributed by atoms with Gasteiger partial charge in [-0.05, 0) is 29.3 Å². The third-order valence-electron chi connectivity index (χ3n) is 3.62. The quantitative estimate of drug-likeness (QED) is 0.590. The van der Waals surface area contributed by atoms with E-state index in [0.29, 0.717) is 16.8 Å². The first-order valence-corrected chi connectivity index (χ1v) is 7.08. The van der Waals surface area contributed by atoms with Gasteiger partial charge in [0, 0.05) is 23.4 Å². The van der Waals surface area contributed by atoms with Gasteiger partial charge in [-0.1, -0.05) is 30.3 Å². The summed E-state index contributed by atoms with van der Waals surface area (Å²) in [4.78, 5) is 25.2. The molecule has 116 valence electrons. The number of benzene rings is 2. The fourth-order valence-electron chi connectivity index (χ4n) is 2.43. The molecule has 6 nitrogen and oxygen atoms in total. The summed E-state index contributed by atoms with van der Waals surface area (Å²) >= 11 is 0. The Labute approximate surface area is 136 Å². The van der Waals surface area contributed by atoms with Crippen LogP contribution < -0.4 is 5.56 Å². The Morgan fingerprint density at radius 1 is 1.00 bits per heavy atom. The molecule has 0 aliphatic rings. The first kappa shape index (κ1) is 15.2. The summed E-state index contributed by atoms with van der Waals surface area (Å²) in [6, 6.07) is 18.6. The number of nitro groups is 1. The summed E-state index contributed by atoms with van der Waals surface area (Å²) in [7, 11) is 0. The minimum Gasteiger partial charge on any atom is -0.321 e. The topological polar surface area (TPSA) is 99.8 Å². The number of nitrogens with one attached hydrogen (secondary N) is 1. The molecule has 3 aromatic rings. The molecule has 24 heavy (non-hydrogen) atoms. The highest BCUT2D eigenvalue weighted by Crippen LogP contribution is 2.27. The van der Waals surface area contributed by atoms with E-state index < -0.39 is 10.5 Å². The highest BCUT2D eigenvalue weighted by Gasteiger charge is 2.13. The fraction of sp³-hybridized carbons (Fsp3) is 0. The minimum absolute atomic E-state index is 0.0245. The zero-order chi connectivity index (χ0) is 17.1. The lowest BCUT2D eigenvalue weighted by Gasteiger charge is -2.08. The largest absolute Gasteiger partial charge is 0.321 e. The van der Waals surface area contributed by atoms with Crippen molar-refractivity contribution >= 4 is 5.69 Å². The van der Waals surface area contributed by atoms with Crippen molar-refractivity contribution in [2.45, 2.75) is 0 Å². The van der Waals surface area contributed by atoms with Crippen LogP contribution in [0, 0.1) is 21.4 Å². The van der Waals surface area contributed by atoms with Gasteiger partial charge in [0.1, 0.15) is 11.6 Å². The van der Waals surface area contributed by atoms with Crippen LogP contribution in [0.2, 0.25) is 0 Å². The molecule has 0 fully saturated rings. The molecule has 1 N–H and O–H groups in total. The highest BCUT2D eigenvalue weighted by atomic mass is 16.6. The smallest absolute Gasteiger partial charge is 0.269 e. The van der Waals surface area contributed by atoms with Gasteiger partial charge in [-0.15, -0.1) is 0 Å². The van der Waals surface area contributed by atoms with E-state index in [-0.39, 0.29) is 11.3 Å². The van der Waals surface area contributed by atoms with E-state index in [0.717, 1.165) is 5.56 Å². The fourth-order valence-corrected chi connectivity index (χ4v) is 2.43. The first-order valence-electron chi connectivity index (χ1n) is 7.08. The normalized spacial score (nSPS) is 10.1. The number of aromatic nitrogens is 1. The number of rotatable bonds is 3. The Morgan fingerprint density at radius 2 is 1.67 bits per heavy atom. The van der Waals surface area contributed by atoms with E-state index in [9.17, 15) is 20.2 Å². The Morgan fingerprint density at radius 3 is 2.25 bits per heavy atom. The molecule has 0 unspecified atom stereocenters. The maximum absolute atomic E-state index is 12.2. The van der Waals surface area contributed by atoms with Crippen LogP contribution in [0.4, 0.5) is 5.69 Å². The van der Waals surface area contributed by atoms with Crippen molar-refractivity contribution in [3.8, 4) is 28.5 Å². The number of H-pyrrole nitrogens is 1. The zero-order valence-corrected chi connectivity index (χ0v) is 12.4. The molecular weight excluding hydrogens is 306 g/mol. The number of hydrogen-bond donors (Lipinski definition) is 1. The van der Waals surface area contributed by atoms with Crippen LogP contribution in [-0.2, 0) is 0 Å². The molecular formula is C18H11N3O3. The molecule has 6 heteroatoms. The van der Waals surface area contributed by atoms with Gasteiger partial charge >= 0.3 is 0 Å². The summed E-state index contributed by atoms with van der Waals surface area (Å²) in [5.41, 5.74) is 1.83. The molecule has 0 radical (unpaired) electrons. The van der Waals surface area contributed by atoms with Crippen molar-refractivity contribution in [3.05, 3.63) is 86.7 Å². The lowest BCUT2D eigenvalue weighted by molar-refractivity contribution is -0.384. The third kappa shape index (κ3) is 2.78. The summed E-state index contributed by atoms with van der Waals surface area (Å²) in [5.74, 6) is 0. The molecule has 3 rings (SSSR count). The van der Waals surface area contributed by atoms with Gasteiger partial charge < -0.3 is 4.98 Å². The molecule has 0 amide bonds. The molecule has 0 atom stereocenters. The van der Waals surface area contributed by atoms with Gasteiger partial charge in [-0.25, -0.2) is 0 Å². The van der Waals surface area contributed by atoms with Crippen LogP contribution in [0.1, 0.15) is 5.56 Å². The average Bonchev–Trinajstić information content (AvgIpc) is 2.62. The number of pyridine rings is 1. The minimum atomic E-state index is -0.498. The second-order valence-electron chi connectivity index (χ2n) is 5.08. The van der Waals surface area contributed by atoms with E-state index in [2.05, 4.69) is 4.98 Å². The maximum Gasteiger partial charge on any atom is 0.269 e. The van der Waals surface area contributed by atoms with Gasteiger partial charge in [0.25, 0.3) is 11.2 Å². The molecule has 0 aliphatic carbocycles. The van der Waals surface area contributed by atoms with E-state index in [4.69, 9.17) is 0 Å². The molecule has 0 aliphatic heterocycles. The van der Waals surface area contributed by atoms with Crippen LogP contribution >= 0.6 is 0 Å². The predicted octanol–water partition coefficient (Wildman–Crippen LogP) is 3.49. The third-order valence-corrected chi connectivity index (χ3v) is 3.62. The Balaban J connectivity index is 2.19. The van der Waals surface area contributed by atoms with Crippen molar-refractivity contribution < 1.29 is 4.92 Å². The number of aromatic amines is 1. The van der Waals surface area contributed by atoms with Crippen LogP contribution in [0.3, 0.4) is 0 Å². The number of nitrogens with zero attached hydrogens (tertiary/aromatic N) is 2. The van der Waals surface area contributed by atoms with Crippen LogP contribution in [0.5, 0.6) is 0 Å². The van der Waals surface area contributed by atoms with Crippen molar-refractivity contribution in [1.82, 2.24) is 4.98 Å². The molecule has 0 spiro atoms. The average molecular weight is 317 g/mol. The van der Waals surface area contributed by atoms with Gasteiger partial charge in [0.15, 0.2) is 0 Å². The molecule has 0 saturated heterocycles. The van der Waals surface area contributed by atoms with Crippen molar-refractivity contribution in [2.75, 3.05) is 0 Å². The highest BCUT2D eigenvalue weighted by molar-refractivity contribution is 5.75. The SMILES string of the molecule is N#Cc1c(-c2ccc([N+](=O)[O-])cc2)cc(-c2ccccc2)[nH]c1=O. The van der Waals surface area contributed by atoms with Gasteiger partial charge in [-0.3, -0.25) is 14.9 Å². The molecule has 2 aromatic carbocycles. The Bertz CT molecular complexity index is 1000. The van der Waals surface area contributed by atoms with E-state index in [1.807, 2.05) is 36.4 Å². The van der Waals surface area contributed by atoms with Crippen LogP contribution in [0.25, 0.3) is 22.4 Å². The summed E-state index contributed by atoms with van der Waals surface area (Å²) < 4.78 is 0. The van der Waals surface area contributed by atoms with Gasteiger partial charge in [0.2, 0.25) is 0 Å². The van der Waals surface area contributed by atoms with Crippen molar-refractivity contribution in [1.29, 1.82) is 5.26 Å². The summed E-state index contributed by atoms with van der Waals surface area (Å²) in [6.45, 7) is 0. The summed E-state index contributed by atoms with van der Waals surface area (Å²) in [6.07, 6.45) is 0. The second-order valence-corrected chi connectivity index (χ2v) is 5.08. The Kier molecular flexibility index (Phi) is 3.91. The monoisotopic (exact) mass is 317 g/mol. The molecule has 0 saturated carbocycles. The number of nitro benzene ring substituents is 1. The van der Waals surface area contributed by atoms with E-state index in [1.165, 1.54) is 24.3 Å². The number of nitriles is 1. The lowest BCUT2D eigenvalue weighted by atomic mass is 9.99. The second kappa shape index (κ2) is 6.18. The lowest BCUT2D eigenvalue weighted by Crippen LogP contribution is -2.12. The van der Waals surface area contributed by atoms with Crippen molar-refractivity contribution in [3.63, 3.8) is 0 Å². The zero-order valence-electron chi connectivity index (χ0n) is 12.4. The molecule has 1 aromatic heterocycles. The van der Waals surface area contributed by atoms with Crippen LogP contribution in [0.15, 0.2) is 65.5 Å². The Hall–Kier alpha value is -3.72. The first-order chi connectivity index (χ1) is 11.6. The standard InChI is InChI=1S/C18H11N3O3/c19-11-16-15(12-6-8-14(9-7-12)21(23)24)10-17(20-18(16)22)13-4-2-1-3-5-13/h1-10H,(H,20,22).